The summed E-state index contributed by atoms with van der Waals surface area (Å²) >= 11 is 7.74. The molecule has 0 saturated carbocycles. The Bertz CT molecular complexity index is 1830. The van der Waals surface area contributed by atoms with Crippen LogP contribution in [0.1, 0.15) is 37.9 Å². The van der Waals surface area contributed by atoms with E-state index in [1.807, 2.05) is 68.4 Å². The summed E-state index contributed by atoms with van der Waals surface area (Å²) in [4.78, 5) is 33.0. The average molecular weight is 604 g/mol. The third-order valence-corrected chi connectivity index (χ3v) is 7.91. The van der Waals surface area contributed by atoms with Gasteiger partial charge in [-0.3, -0.25) is 14.2 Å². The summed E-state index contributed by atoms with van der Waals surface area (Å²) < 4.78 is 18.8. The molecule has 0 bridgehead atoms. The number of fused-ring (bicyclic) bond motifs is 1. The molecule has 0 aliphatic carbocycles. The van der Waals surface area contributed by atoms with Crippen molar-refractivity contribution in [1.29, 1.82) is 0 Å². The normalized spacial score (nSPS) is 14.7. The molecule has 42 heavy (non-hydrogen) atoms. The lowest BCUT2D eigenvalue weighted by Gasteiger charge is -2.25. The van der Waals surface area contributed by atoms with Gasteiger partial charge in [-0.1, -0.05) is 53.3 Å². The Kier molecular flexibility index (Phi) is 8.80. The molecule has 10 heteroatoms. The van der Waals surface area contributed by atoms with Gasteiger partial charge in [-0.2, -0.15) is 0 Å². The van der Waals surface area contributed by atoms with Gasteiger partial charge in [0.15, 0.2) is 16.3 Å². The van der Waals surface area contributed by atoms with Gasteiger partial charge < -0.3 is 19.5 Å². The lowest BCUT2D eigenvalue weighted by Crippen LogP contribution is -2.40. The maximum absolute atomic E-state index is 14.0. The number of hydrogen-bond donors (Lipinski definition) is 1. The third kappa shape index (κ3) is 5.84. The SMILES string of the molecule is CCOc1ccc([C@@H]2C(C(=O)Nc3ccccc3)=C(C)N=c3s/c(=C\c4cc(Cl)c(OCC)c(OC)c4)c(=O)n32)cc1. The fourth-order valence-corrected chi connectivity index (χ4v) is 6.14. The zero-order valence-corrected chi connectivity index (χ0v) is 25.2. The van der Waals surface area contributed by atoms with Crippen molar-refractivity contribution in [2.45, 2.75) is 26.8 Å². The number of rotatable bonds is 9. The number of para-hydroxylation sites is 1. The summed E-state index contributed by atoms with van der Waals surface area (Å²) in [5, 5.41) is 3.34. The molecule has 3 aromatic carbocycles. The van der Waals surface area contributed by atoms with E-state index in [0.29, 0.717) is 67.3 Å². The minimum Gasteiger partial charge on any atom is -0.494 e. The molecule has 1 aliphatic heterocycles. The number of allylic oxidation sites excluding steroid dienone is 1. The molecule has 0 saturated heterocycles. The van der Waals surface area contributed by atoms with Gasteiger partial charge in [0.25, 0.3) is 11.5 Å². The zero-order chi connectivity index (χ0) is 29.8. The molecule has 1 amide bonds. The van der Waals surface area contributed by atoms with Gasteiger partial charge in [0.2, 0.25) is 0 Å². The molecule has 8 nitrogen and oxygen atoms in total. The number of carbonyl (C=O) groups is 1. The van der Waals surface area contributed by atoms with Crippen molar-refractivity contribution in [2.24, 2.45) is 4.99 Å². The molecule has 1 aliphatic rings. The van der Waals surface area contributed by atoms with Gasteiger partial charge in [0.1, 0.15) is 5.75 Å². The molecule has 1 N–H and O–H groups in total. The summed E-state index contributed by atoms with van der Waals surface area (Å²) in [5.74, 6) is 1.27. The molecular formula is C32H30ClN3O5S. The van der Waals surface area contributed by atoms with Crippen molar-refractivity contribution < 1.29 is 19.0 Å². The van der Waals surface area contributed by atoms with Gasteiger partial charge in [-0.25, -0.2) is 4.99 Å². The van der Waals surface area contributed by atoms with Crippen LogP contribution in [0.25, 0.3) is 6.08 Å². The van der Waals surface area contributed by atoms with E-state index in [1.165, 1.54) is 18.4 Å². The number of benzene rings is 3. The van der Waals surface area contributed by atoms with Crippen LogP contribution in [0.3, 0.4) is 0 Å². The standard InChI is InChI=1S/C32H30ClN3O5S/c1-5-40-23-14-12-21(13-15-23)28-27(30(37)35-22-10-8-7-9-11-22)19(3)34-32-36(28)31(38)26(42-32)18-20-16-24(33)29(41-6-2)25(17-20)39-4/h7-18,28H,5-6H2,1-4H3,(H,35,37)/b26-18-/t28-/m1/s1. The van der Waals surface area contributed by atoms with Gasteiger partial charge >= 0.3 is 0 Å². The number of nitrogens with zero attached hydrogens (tertiary/aromatic N) is 2. The van der Waals surface area contributed by atoms with Crippen molar-refractivity contribution in [2.75, 3.05) is 25.6 Å². The van der Waals surface area contributed by atoms with Crippen molar-refractivity contribution in [3.8, 4) is 17.2 Å². The van der Waals surface area contributed by atoms with Crippen LogP contribution >= 0.6 is 22.9 Å². The summed E-state index contributed by atoms with van der Waals surface area (Å²) in [6.45, 7) is 6.52. The van der Waals surface area contributed by atoms with Crippen molar-refractivity contribution in [3.05, 3.63) is 114 Å². The van der Waals surface area contributed by atoms with Crippen LogP contribution in [0.2, 0.25) is 5.02 Å². The molecule has 1 aromatic heterocycles. The number of anilines is 1. The number of methoxy groups -OCH3 is 1. The highest BCUT2D eigenvalue weighted by Gasteiger charge is 2.32. The van der Waals surface area contributed by atoms with Crippen LogP contribution in [-0.2, 0) is 4.79 Å². The highest BCUT2D eigenvalue weighted by Crippen LogP contribution is 2.37. The maximum atomic E-state index is 14.0. The second-order valence-electron chi connectivity index (χ2n) is 9.37. The highest BCUT2D eigenvalue weighted by atomic mass is 35.5. The van der Waals surface area contributed by atoms with E-state index in [4.69, 9.17) is 30.8 Å². The Hall–Kier alpha value is -4.34. The van der Waals surface area contributed by atoms with E-state index in [-0.39, 0.29) is 11.5 Å². The summed E-state index contributed by atoms with van der Waals surface area (Å²) in [7, 11) is 1.54. The molecule has 4 aromatic rings. The molecule has 0 fully saturated rings. The number of aromatic nitrogens is 1. The summed E-state index contributed by atoms with van der Waals surface area (Å²) in [6, 6.07) is 19.4. The quantitative estimate of drug-likeness (QED) is 0.279. The molecule has 216 valence electrons. The highest BCUT2D eigenvalue weighted by molar-refractivity contribution is 7.07. The van der Waals surface area contributed by atoms with E-state index in [2.05, 4.69) is 5.32 Å². The van der Waals surface area contributed by atoms with E-state index in [9.17, 15) is 9.59 Å². The first-order valence-corrected chi connectivity index (χ1v) is 14.7. The fraction of sp³-hybridized carbons (Fsp3) is 0.219. The Morgan fingerprint density at radius 3 is 2.45 bits per heavy atom. The fourth-order valence-electron chi connectivity index (χ4n) is 4.82. The monoisotopic (exact) mass is 603 g/mol. The number of thiazole rings is 1. The molecule has 5 rings (SSSR count). The minimum atomic E-state index is -0.707. The molecule has 1 atom stereocenters. The lowest BCUT2D eigenvalue weighted by atomic mass is 9.95. The van der Waals surface area contributed by atoms with Gasteiger partial charge in [-0.15, -0.1) is 0 Å². The Morgan fingerprint density at radius 2 is 1.79 bits per heavy atom. The van der Waals surface area contributed by atoms with E-state index in [0.717, 1.165) is 5.56 Å². The van der Waals surface area contributed by atoms with Crippen LogP contribution in [0.15, 0.2) is 87.8 Å². The molecule has 0 spiro atoms. The average Bonchev–Trinajstić information content (AvgIpc) is 3.28. The Balaban J connectivity index is 1.65. The van der Waals surface area contributed by atoms with E-state index < -0.39 is 6.04 Å². The number of ether oxygens (including phenoxy) is 3. The number of halogens is 1. The van der Waals surface area contributed by atoms with Crippen LogP contribution in [0.4, 0.5) is 5.69 Å². The number of hydrogen-bond acceptors (Lipinski definition) is 7. The predicted octanol–water partition coefficient (Wildman–Crippen LogP) is 5.33. The van der Waals surface area contributed by atoms with Gasteiger partial charge in [0, 0.05) is 5.69 Å². The third-order valence-electron chi connectivity index (χ3n) is 6.64. The van der Waals surface area contributed by atoms with Crippen LogP contribution in [0, 0.1) is 0 Å². The number of nitrogens with one attached hydrogen (secondary N) is 1. The topological polar surface area (TPSA) is 91.2 Å². The van der Waals surface area contributed by atoms with Gasteiger partial charge in [-0.05, 0) is 74.4 Å². The van der Waals surface area contributed by atoms with Crippen LogP contribution < -0.4 is 34.4 Å². The molecule has 0 radical (unpaired) electrons. The Labute approximate surface area is 252 Å². The lowest BCUT2D eigenvalue weighted by molar-refractivity contribution is -0.113. The summed E-state index contributed by atoms with van der Waals surface area (Å²) in [6.07, 6.45) is 1.74. The largest absolute Gasteiger partial charge is 0.494 e. The first-order chi connectivity index (χ1) is 20.3. The first-order valence-electron chi connectivity index (χ1n) is 13.5. The van der Waals surface area contributed by atoms with E-state index in [1.54, 1.807) is 29.7 Å². The molecule has 2 heterocycles. The molecule has 0 unspecified atom stereocenters. The van der Waals surface area contributed by atoms with Crippen LogP contribution in [0.5, 0.6) is 17.2 Å². The van der Waals surface area contributed by atoms with Crippen molar-refractivity contribution >= 4 is 40.6 Å². The molecular weight excluding hydrogens is 574 g/mol. The van der Waals surface area contributed by atoms with Crippen molar-refractivity contribution in [3.63, 3.8) is 0 Å². The van der Waals surface area contributed by atoms with E-state index >= 15 is 0 Å². The number of amides is 1. The maximum Gasteiger partial charge on any atom is 0.271 e. The first kappa shape index (κ1) is 29.2. The Morgan fingerprint density at radius 1 is 1.07 bits per heavy atom. The smallest absolute Gasteiger partial charge is 0.271 e. The minimum absolute atomic E-state index is 0.279. The van der Waals surface area contributed by atoms with Gasteiger partial charge in [0.05, 0.1) is 47.2 Å². The zero-order valence-electron chi connectivity index (χ0n) is 23.6. The second kappa shape index (κ2) is 12.7. The van der Waals surface area contributed by atoms with Crippen LogP contribution in [-0.4, -0.2) is 30.8 Å². The predicted molar refractivity (Wildman–Crippen MR) is 166 cm³/mol. The number of carbonyl (C=O) groups excluding carboxylic acids is 1. The second-order valence-corrected chi connectivity index (χ2v) is 10.8. The van der Waals surface area contributed by atoms with Crippen molar-refractivity contribution in [1.82, 2.24) is 4.57 Å². The summed E-state index contributed by atoms with van der Waals surface area (Å²) in [5.41, 5.74) is 2.70.